The van der Waals surface area contributed by atoms with Gasteiger partial charge >= 0.3 is 5.97 Å². The van der Waals surface area contributed by atoms with Gasteiger partial charge in [-0.1, -0.05) is 6.07 Å². The molecule has 0 aliphatic carbocycles. The van der Waals surface area contributed by atoms with Gasteiger partial charge in [0, 0.05) is 25.4 Å². The molecule has 1 rings (SSSR count). The number of hydrogen-bond acceptors (Lipinski definition) is 4. The number of aliphatic hydroxyl groups is 1. The Morgan fingerprint density at radius 1 is 1.38 bits per heavy atom. The standard InChI is InChI=1S/C15H20N2O4/c1-4-17(10-15(2,3)21)14(20)12-7-5-11(9-16-12)6-8-13(18)19/h5-9,21H,4,10H2,1-3H3,(H,18,19). The maximum atomic E-state index is 12.3. The second kappa shape index (κ2) is 6.99. The fourth-order valence-electron chi connectivity index (χ4n) is 1.75. The van der Waals surface area contributed by atoms with Crippen LogP contribution < -0.4 is 0 Å². The lowest BCUT2D eigenvalue weighted by Crippen LogP contribution is -2.42. The number of carboxylic acids is 1. The van der Waals surface area contributed by atoms with Gasteiger partial charge in [-0.2, -0.15) is 0 Å². The van der Waals surface area contributed by atoms with E-state index in [0.717, 1.165) is 6.08 Å². The number of rotatable bonds is 6. The highest BCUT2D eigenvalue weighted by atomic mass is 16.4. The van der Waals surface area contributed by atoms with Crippen LogP contribution >= 0.6 is 0 Å². The Morgan fingerprint density at radius 2 is 2.05 bits per heavy atom. The molecule has 0 aliphatic heterocycles. The molecule has 0 atom stereocenters. The van der Waals surface area contributed by atoms with Crippen LogP contribution in [0.25, 0.3) is 6.08 Å². The Balaban J connectivity index is 2.85. The normalized spacial score (nSPS) is 11.6. The highest BCUT2D eigenvalue weighted by Gasteiger charge is 2.22. The molecule has 0 saturated carbocycles. The number of amides is 1. The molecule has 0 spiro atoms. The van der Waals surface area contributed by atoms with E-state index in [2.05, 4.69) is 4.98 Å². The molecule has 6 heteroatoms. The molecule has 2 N–H and O–H groups in total. The van der Waals surface area contributed by atoms with Crippen LogP contribution in [0.5, 0.6) is 0 Å². The van der Waals surface area contributed by atoms with E-state index >= 15 is 0 Å². The molecule has 1 amide bonds. The summed E-state index contributed by atoms with van der Waals surface area (Å²) in [4.78, 5) is 28.2. The zero-order valence-electron chi connectivity index (χ0n) is 12.4. The molecule has 1 heterocycles. The van der Waals surface area contributed by atoms with Crippen molar-refractivity contribution < 1.29 is 19.8 Å². The average Bonchev–Trinajstić information content (AvgIpc) is 2.41. The zero-order valence-corrected chi connectivity index (χ0v) is 12.4. The molecular formula is C15H20N2O4. The van der Waals surface area contributed by atoms with Gasteiger partial charge in [0.15, 0.2) is 0 Å². The molecule has 6 nitrogen and oxygen atoms in total. The molecule has 0 aromatic carbocycles. The first-order valence-electron chi connectivity index (χ1n) is 6.61. The minimum Gasteiger partial charge on any atom is -0.478 e. The monoisotopic (exact) mass is 292 g/mol. The van der Waals surface area contributed by atoms with Crippen molar-refractivity contribution in [3.8, 4) is 0 Å². The lowest BCUT2D eigenvalue weighted by molar-refractivity contribution is -0.131. The summed E-state index contributed by atoms with van der Waals surface area (Å²) in [6.45, 7) is 5.77. The van der Waals surface area contributed by atoms with Crippen LogP contribution in [0.1, 0.15) is 36.8 Å². The van der Waals surface area contributed by atoms with Crippen molar-refractivity contribution in [2.75, 3.05) is 13.1 Å². The number of carbonyl (C=O) groups is 2. The minimum absolute atomic E-state index is 0.213. The van der Waals surface area contributed by atoms with E-state index in [-0.39, 0.29) is 18.1 Å². The molecule has 114 valence electrons. The third-order valence-corrected chi connectivity index (χ3v) is 2.67. The number of nitrogens with zero attached hydrogens (tertiary/aromatic N) is 2. The van der Waals surface area contributed by atoms with E-state index in [1.807, 2.05) is 6.92 Å². The van der Waals surface area contributed by atoms with E-state index in [4.69, 9.17) is 5.11 Å². The van der Waals surface area contributed by atoms with Crippen LogP contribution in [0.3, 0.4) is 0 Å². The van der Waals surface area contributed by atoms with Crippen LogP contribution in [-0.4, -0.2) is 50.7 Å². The van der Waals surface area contributed by atoms with Crippen molar-refractivity contribution in [3.63, 3.8) is 0 Å². The predicted molar refractivity (Wildman–Crippen MR) is 78.8 cm³/mol. The third kappa shape index (κ3) is 5.74. The topological polar surface area (TPSA) is 90.7 Å². The molecule has 0 saturated heterocycles. The largest absolute Gasteiger partial charge is 0.478 e. The van der Waals surface area contributed by atoms with Crippen LogP contribution in [-0.2, 0) is 4.79 Å². The predicted octanol–water partition coefficient (Wildman–Crippen LogP) is 1.41. The fourth-order valence-corrected chi connectivity index (χ4v) is 1.75. The van der Waals surface area contributed by atoms with Gasteiger partial charge in [0.1, 0.15) is 5.69 Å². The van der Waals surface area contributed by atoms with Crippen molar-refractivity contribution in [1.29, 1.82) is 0 Å². The number of hydrogen-bond donors (Lipinski definition) is 2. The van der Waals surface area contributed by atoms with Crippen molar-refractivity contribution in [2.45, 2.75) is 26.4 Å². The summed E-state index contributed by atoms with van der Waals surface area (Å²) in [6.07, 6.45) is 3.84. The maximum absolute atomic E-state index is 12.3. The van der Waals surface area contributed by atoms with Crippen molar-refractivity contribution in [3.05, 3.63) is 35.7 Å². The van der Waals surface area contributed by atoms with Crippen molar-refractivity contribution in [2.24, 2.45) is 0 Å². The van der Waals surface area contributed by atoms with E-state index < -0.39 is 11.6 Å². The molecule has 0 unspecified atom stereocenters. The number of carbonyl (C=O) groups excluding carboxylic acids is 1. The highest BCUT2D eigenvalue weighted by Crippen LogP contribution is 2.10. The minimum atomic E-state index is -1.04. The van der Waals surface area contributed by atoms with Crippen LogP contribution in [0, 0.1) is 0 Å². The number of carboxylic acid groups (broad SMARTS) is 1. The van der Waals surface area contributed by atoms with Crippen molar-refractivity contribution in [1.82, 2.24) is 9.88 Å². The Bertz CT molecular complexity index is 530. The fraction of sp³-hybridized carbons (Fsp3) is 0.400. The molecule has 21 heavy (non-hydrogen) atoms. The summed E-state index contributed by atoms with van der Waals surface area (Å²) in [5.41, 5.74) is -0.122. The van der Waals surface area contributed by atoms with Gasteiger partial charge in [0.25, 0.3) is 5.91 Å². The second-order valence-corrected chi connectivity index (χ2v) is 5.28. The Labute approximate surface area is 123 Å². The van der Waals surface area contributed by atoms with Crippen LogP contribution in [0.15, 0.2) is 24.4 Å². The van der Waals surface area contributed by atoms with Gasteiger partial charge in [-0.3, -0.25) is 9.78 Å². The summed E-state index contributed by atoms with van der Waals surface area (Å²) in [7, 11) is 0. The van der Waals surface area contributed by atoms with Gasteiger partial charge < -0.3 is 15.1 Å². The van der Waals surface area contributed by atoms with Gasteiger partial charge in [-0.15, -0.1) is 0 Å². The summed E-state index contributed by atoms with van der Waals surface area (Å²) in [5, 5.41) is 18.3. The maximum Gasteiger partial charge on any atom is 0.328 e. The first-order valence-corrected chi connectivity index (χ1v) is 6.61. The van der Waals surface area contributed by atoms with E-state index in [0.29, 0.717) is 12.1 Å². The molecule has 0 fully saturated rings. The first-order chi connectivity index (χ1) is 9.73. The number of pyridine rings is 1. The number of likely N-dealkylation sites (N-methyl/N-ethyl adjacent to an activating group) is 1. The zero-order chi connectivity index (χ0) is 16.0. The first kappa shape index (κ1) is 16.8. The van der Waals surface area contributed by atoms with Gasteiger partial charge in [-0.25, -0.2) is 4.79 Å². The second-order valence-electron chi connectivity index (χ2n) is 5.28. The average molecular weight is 292 g/mol. The molecule has 1 aromatic heterocycles. The lowest BCUT2D eigenvalue weighted by atomic mass is 10.1. The third-order valence-electron chi connectivity index (χ3n) is 2.67. The Kier molecular flexibility index (Phi) is 5.60. The summed E-state index contributed by atoms with van der Waals surface area (Å²) >= 11 is 0. The van der Waals surface area contributed by atoms with Gasteiger partial charge in [0.05, 0.1) is 5.60 Å². The number of aromatic nitrogens is 1. The van der Waals surface area contributed by atoms with E-state index in [1.165, 1.54) is 23.2 Å². The Hall–Kier alpha value is -2.21. The summed E-state index contributed by atoms with van der Waals surface area (Å²) in [6, 6.07) is 3.16. The van der Waals surface area contributed by atoms with Crippen LogP contribution in [0.2, 0.25) is 0 Å². The van der Waals surface area contributed by atoms with E-state index in [9.17, 15) is 14.7 Å². The number of aliphatic carboxylic acids is 1. The smallest absolute Gasteiger partial charge is 0.328 e. The molecule has 1 aromatic rings. The Morgan fingerprint density at radius 3 is 2.48 bits per heavy atom. The van der Waals surface area contributed by atoms with E-state index in [1.54, 1.807) is 19.9 Å². The molecule has 0 aliphatic rings. The van der Waals surface area contributed by atoms with Gasteiger partial charge in [-0.05, 0) is 38.5 Å². The quantitative estimate of drug-likeness (QED) is 0.774. The summed E-state index contributed by atoms with van der Waals surface area (Å²) < 4.78 is 0. The SMILES string of the molecule is CCN(CC(C)(C)O)C(=O)c1ccc(C=CC(=O)O)cn1. The molecular weight excluding hydrogens is 272 g/mol. The van der Waals surface area contributed by atoms with Crippen LogP contribution in [0.4, 0.5) is 0 Å². The lowest BCUT2D eigenvalue weighted by Gasteiger charge is -2.27. The summed E-state index contributed by atoms with van der Waals surface area (Å²) in [5.74, 6) is -1.31. The highest BCUT2D eigenvalue weighted by molar-refractivity contribution is 5.92. The van der Waals surface area contributed by atoms with Crippen molar-refractivity contribution >= 4 is 18.0 Å². The van der Waals surface area contributed by atoms with Gasteiger partial charge in [0.2, 0.25) is 0 Å². The molecule has 0 radical (unpaired) electrons. The molecule has 0 bridgehead atoms.